The third-order valence-corrected chi connectivity index (χ3v) is 8.76. The van der Waals surface area contributed by atoms with E-state index in [2.05, 4.69) is 25.2 Å². The fourth-order valence-electron chi connectivity index (χ4n) is 4.98. The molecule has 0 amide bonds. The van der Waals surface area contributed by atoms with E-state index in [1.54, 1.807) is 12.3 Å². The molecule has 3 aliphatic heterocycles. The van der Waals surface area contributed by atoms with Crippen molar-refractivity contribution in [1.82, 2.24) is 24.6 Å². The second-order valence-corrected chi connectivity index (χ2v) is 12.0. The molecule has 0 saturated carbocycles. The average Bonchev–Trinajstić information content (AvgIpc) is 3.49. The molecule has 1 aromatic carbocycles. The Morgan fingerprint density at radius 3 is 2.59 bits per heavy atom. The van der Waals surface area contributed by atoms with E-state index >= 15 is 0 Å². The smallest absolute Gasteiger partial charge is 0.379 e. The summed E-state index contributed by atoms with van der Waals surface area (Å²) in [6, 6.07) is 5.23. The number of hydrogen-bond donors (Lipinski definition) is 1. The number of rotatable bonds is 5. The van der Waals surface area contributed by atoms with Gasteiger partial charge in [0.1, 0.15) is 5.82 Å². The molecule has 0 radical (unpaired) electrons. The van der Waals surface area contributed by atoms with Gasteiger partial charge in [0.05, 0.1) is 47.0 Å². The van der Waals surface area contributed by atoms with E-state index in [1.165, 1.54) is 10.7 Å². The Balaban J connectivity index is 1.32. The number of sulfone groups is 1. The normalized spacial score (nSPS) is 22.9. The fraction of sp³-hybridized carbons (Fsp3) is 0.522. The van der Waals surface area contributed by atoms with Gasteiger partial charge in [-0.25, -0.2) is 13.1 Å². The monoisotopic (exact) mass is 537 g/mol. The van der Waals surface area contributed by atoms with E-state index in [9.17, 15) is 21.6 Å². The van der Waals surface area contributed by atoms with Gasteiger partial charge in [0.2, 0.25) is 5.95 Å². The summed E-state index contributed by atoms with van der Waals surface area (Å²) in [6.07, 6.45) is -2.10. The number of nitrogens with zero attached hydrogens (tertiary/aromatic N) is 6. The van der Waals surface area contributed by atoms with Gasteiger partial charge < -0.3 is 15.0 Å². The summed E-state index contributed by atoms with van der Waals surface area (Å²) >= 11 is 0. The number of halogens is 3. The van der Waals surface area contributed by atoms with Crippen molar-refractivity contribution in [3.8, 4) is 5.69 Å². The number of nitrogens with one attached hydrogen (secondary N) is 1. The summed E-state index contributed by atoms with van der Waals surface area (Å²) in [6.45, 7) is 3.51. The lowest BCUT2D eigenvalue weighted by Gasteiger charge is -2.47. The first-order valence-corrected chi connectivity index (χ1v) is 14.0. The van der Waals surface area contributed by atoms with Gasteiger partial charge >= 0.3 is 6.18 Å². The van der Waals surface area contributed by atoms with Gasteiger partial charge in [-0.3, -0.25) is 4.90 Å². The summed E-state index contributed by atoms with van der Waals surface area (Å²) in [5, 5.41) is 8.30. The van der Waals surface area contributed by atoms with Gasteiger partial charge in [-0.05, 0) is 24.6 Å². The highest BCUT2D eigenvalue weighted by atomic mass is 32.2. The number of hydrogen-bond acceptors (Lipinski definition) is 9. The fourth-order valence-corrected chi connectivity index (χ4v) is 6.21. The Labute approximate surface area is 211 Å². The van der Waals surface area contributed by atoms with Crippen LogP contribution in [0, 0.1) is 0 Å². The molecule has 3 aliphatic rings. The molecule has 5 heterocycles. The highest BCUT2D eigenvalue weighted by molar-refractivity contribution is 7.91. The Morgan fingerprint density at radius 2 is 1.89 bits per heavy atom. The predicted octanol–water partition coefficient (Wildman–Crippen LogP) is 1.95. The zero-order valence-electron chi connectivity index (χ0n) is 19.9. The van der Waals surface area contributed by atoms with Gasteiger partial charge in [0.15, 0.2) is 15.5 Å². The lowest BCUT2D eigenvalue weighted by atomic mass is 10.1. The molecule has 6 rings (SSSR count). The molecule has 1 N–H and O–H groups in total. The van der Waals surface area contributed by atoms with E-state index in [1.807, 2.05) is 0 Å². The molecule has 3 fully saturated rings. The maximum Gasteiger partial charge on any atom is 0.416 e. The molecule has 0 bridgehead atoms. The number of anilines is 2. The minimum absolute atomic E-state index is 0.0367. The van der Waals surface area contributed by atoms with Crippen LogP contribution in [0.2, 0.25) is 0 Å². The first-order chi connectivity index (χ1) is 17.7. The minimum Gasteiger partial charge on any atom is -0.379 e. The Hall–Kier alpha value is -2.97. The Morgan fingerprint density at radius 1 is 1.11 bits per heavy atom. The number of benzene rings is 1. The molecule has 3 aromatic rings. The molecular weight excluding hydrogens is 511 g/mol. The molecule has 198 valence electrons. The molecule has 1 atom stereocenters. The van der Waals surface area contributed by atoms with Crippen LogP contribution in [-0.4, -0.2) is 96.0 Å². The van der Waals surface area contributed by atoms with Crippen molar-refractivity contribution in [2.45, 2.75) is 24.7 Å². The van der Waals surface area contributed by atoms with Crippen molar-refractivity contribution in [2.24, 2.45) is 0 Å². The zero-order valence-corrected chi connectivity index (χ0v) is 20.7. The summed E-state index contributed by atoms with van der Waals surface area (Å²) in [4.78, 5) is 13.7. The van der Waals surface area contributed by atoms with Crippen LogP contribution in [0.4, 0.5) is 24.9 Å². The van der Waals surface area contributed by atoms with E-state index in [4.69, 9.17) is 9.72 Å². The van der Waals surface area contributed by atoms with E-state index < -0.39 is 21.6 Å². The topological polar surface area (TPSA) is 105 Å². The predicted molar refractivity (Wildman–Crippen MR) is 131 cm³/mol. The number of alkyl halides is 3. The summed E-state index contributed by atoms with van der Waals surface area (Å²) in [5.41, 5.74) is -0.114. The van der Waals surface area contributed by atoms with Gasteiger partial charge in [-0.1, -0.05) is 6.07 Å². The zero-order chi connectivity index (χ0) is 25.8. The van der Waals surface area contributed by atoms with Crippen LogP contribution in [0.5, 0.6) is 0 Å². The number of aromatic nitrogens is 4. The summed E-state index contributed by atoms with van der Waals surface area (Å²) in [7, 11) is -2.96. The van der Waals surface area contributed by atoms with Crippen LogP contribution in [0.15, 0.2) is 30.5 Å². The molecule has 2 aromatic heterocycles. The van der Waals surface area contributed by atoms with Crippen LogP contribution < -0.4 is 10.2 Å². The van der Waals surface area contributed by atoms with Crippen molar-refractivity contribution in [3.63, 3.8) is 0 Å². The first kappa shape index (κ1) is 24.4. The molecule has 14 heteroatoms. The van der Waals surface area contributed by atoms with Crippen molar-refractivity contribution in [3.05, 3.63) is 36.0 Å². The van der Waals surface area contributed by atoms with Crippen LogP contribution >= 0.6 is 0 Å². The largest absolute Gasteiger partial charge is 0.416 e. The second kappa shape index (κ2) is 9.10. The van der Waals surface area contributed by atoms with Gasteiger partial charge in [-0.2, -0.15) is 28.2 Å². The molecule has 37 heavy (non-hydrogen) atoms. The number of fused-ring (bicyclic) bond motifs is 1. The maximum atomic E-state index is 13.3. The number of ether oxygens (including phenoxy) is 1. The highest BCUT2D eigenvalue weighted by Crippen LogP contribution is 2.34. The Bertz CT molecular complexity index is 1400. The van der Waals surface area contributed by atoms with Crippen molar-refractivity contribution in [2.75, 3.05) is 61.1 Å². The van der Waals surface area contributed by atoms with Crippen LogP contribution in [-0.2, 0) is 20.8 Å². The summed E-state index contributed by atoms with van der Waals surface area (Å²) < 4.78 is 70.5. The lowest BCUT2D eigenvalue weighted by molar-refractivity contribution is -0.137. The van der Waals surface area contributed by atoms with Crippen molar-refractivity contribution in [1.29, 1.82) is 0 Å². The van der Waals surface area contributed by atoms with Gasteiger partial charge in [-0.15, -0.1) is 0 Å². The molecule has 3 saturated heterocycles. The van der Waals surface area contributed by atoms with Gasteiger partial charge in [0, 0.05) is 38.8 Å². The van der Waals surface area contributed by atoms with Crippen LogP contribution in [0.25, 0.3) is 16.7 Å². The lowest BCUT2D eigenvalue weighted by Crippen LogP contribution is -2.62. The first-order valence-electron chi connectivity index (χ1n) is 12.1. The maximum absolute atomic E-state index is 13.3. The Kier molecular flexibility index (Phi) is 5.99. The van der Waals surface area contributed by atoms with E-state index in [-0.39, 0.29) is 29.3 Å². The van der Waals surface area contributed by atoms with Crippen LogP contribution in [0.3, 0.4) is 0 Å². The quantitative estimate of drug-likeness (QED) is 0.523. The van der Waals surface area contributed by atoms with Crippen LogP contribution in [0.1, 0.15) is 12.0 Å². The second-order valence-electron chi connectivity index (χ2n) is 9.66. The molecule has 0 unspecified atom stereocenters. The SMILES string of the molecule is O=S1(=O)CCN(C2CN(c3nc(N[C@H]4CCOC4)nc4c3cnn4-c3cccc(C(F)(F)F)c3)C2)CC1. The summed E-state index contributed by atoms with van der Waals surface area (Å²) in [5.74, 6) is 1.34. The van der Waals surface area contributed by atoms with Gasteiger partial charge in [0.25, 0.3) is 0 Å². The average molecular weight is 538 g/mol. The molecule has 0 aliphatic carbocycles. The third kappa shape index (κ3) is 4.84. The van der Waals surface area contributed by atoms with Crippen molar-refractivity contribution >= 4 is 32.6 Å². The molecule has 0 spiro atoms. The van der Waals surface area contributed by atoms with E-state index in [0.29, 0.717) is 62.2 Å². The highest BCUT2D eigenvalue weighted by Gasteiger charge is 2.37. The third-order valence-electron chi connectivity index (χ3n) is 7.15. The van der Waals surface area contributed by atoms with E-state index in [0.717, 1.165) is 18.6 Å². The minimum atomic E-state index is -4.48. The molecule has 10 nitrogen and oxygen atoms in total. The van der Waals surface area contributed by atoms with Crippen molar-refractivity contribution < 1.29 is 26.3 Å². The molecular formula is C23H26F3N7O3S. The standard InChI is InChI=1S/C23H26F3N7O3S/c24-23(25,26)15-2-1-3-17(10-15)33-21-19(11-27-33)20(29-22(30-21)28-16-4-7-36-14-16)32-12-18(13-32)31-5-8-37(34,35)9-6-31/h1-3,10-11,16,18H,4-9,12-14H2,(H,28,29,30)/t16-/m0/s1.